The van der Waals surface area contributed by atoms with Crippen LogP contribution in [0, 0.1) is 17.1 Å². The zero-order chi connectivity index (χ0) is 23.4. The normalized spacial score (nSPS) is 10.6. The van der Waals surface area contributed by atoms with Crippen LogP contribution in [0.1, 0.15) is 11.1 Å². The number of hydrogen-bond acceptors (Lipinski definition) is 3. The second kappa shape index (κ2) is 10.2. The van der Waals surface area contributed by atoms with E-state index < -0.39 is 0 Å². The minimum atomic E-state index is -0.296. The Hall–Kier alpha value is -3.10. The molecule has 0 amide bonds. The van der Waals surface area contributed by atoms with Gasteiger partial charge < -0.3 is 4.74 Å². The summed E-state index contributed by atoms with van der Waals surface area (Å²) in [6.45, 7) is 0.265. The Balaban J connectivity index is 1.75. The summed E-state index contributed by atoms with van der Waals surface area (Å²) in [5.74, 6) is -0.103. The van der Waals surface area contributed by atoms with Crippen LogP contribution in [0.4, 0.5) is 4.39 Å². The average Bonchev–Trinajstić information content (AvgIpc) is 2.81. The average molecular weight is 498 g/mol. The van der Waals surface area contributed by atoms with Gasteiger partial charge >= 0.3 is 0 Å². The third kappa shape index (κ3) is 5.46. The molecule has 3 aromatic carbocycles. The fourth-order valence-corrected chi connectivity index (χ4v) is 3.96. The first-order chi connectivity index (χ1) is 15.9. The van der Waals surface area contributed by atoms with Crippen molar-refractivity contribution in [1.82, 2.24) is 4.98 Å². The van der Waals surface area contributed by atoms with E-state index in [0.29, 0.717) is 38.3 Å². The van der Waals surface area contributed by atoms with Gasteiger partial charge in [0.05, 0.1) is 17.3 Å². The Morgan fingerprint density at radius 3 is 2.21 bits per heavy atom. The number of pyridine rings is 1. The molecule has 0 spiro atoms. The molecule has 0 bridgehead atoms. The van der Waals surface area contributed by atoms with Gasteiger partial charge in [-0.15, -0.1) is 0 Å². The number of halogens is 4. The Labute approximate surface area is 205 Å². The number of ether oxygens (including phenoxy) is 1. The molecule has 33 heavy (non-hydrogen) atoms. The van der Waals surface area contributed by atoms with E-state index >= 15 is 0 Å². The van der Waals surface area contributed by atoms with Gasteiger partial charge in [-0.05, 0) is 59.7 Å². The molecule has 164 valence electrons. The van der Waals surface area contributed by atoms with Gasteiger partial charge in [-0.1, -0.05) is 59.1 Å². The molecule has 0 aliphatic rings. The molecule has 0 aliphatic carbocycles. The minimum absolute atomic E-state index is 0.193. The third-order valence-corrected chi connectivity index (χ3v) is 5.79. The monoisotopic (exact) mass is 496 g/mol. The molecule has 7 heteroatoms. The molecule has 3 nitrogen and oxygen atoms in total. The van der Waals surface area contributed by atoms with Gasteiger partial charge in [0.1, 0.15) is 17.4 Å². The highest BCUT2D eigenvalue weighted by Gasteiger charge is 2.18. The van der Waals surface area contributed by atoms with Crippen LogP contribution < -0.4 is 4.74 Å². The van der Waals surface area contributed by atoms with Gasteiger partial charge in [0.25, 0.3) is 0 Å². The van der Waals surface area contributed by atoms with Crippen molar-refractivity contribution in [2.75, 3.05) is 6.61 Å². The maximum absolute atomic E-state index is 13.1. The molecule has 0 atom stereocenters. The van der Waals surface area contributed by atoms with Crippen LogP contribution in [0.15, 0.2) is 72.8 Å². The molecule has 0 aliphatic heterocycles. The van der Waals surface area contributed by atoms with Crippen molar-refractivity contribution in [3.63, 3.8) is 0 Å². The second-order valence-electron chi connectivity index (χ2n) is 7.21. The standard InChI is InChI=1S/C26H16Cl3FN2O/c27-19-5-3-17(4-6-19)23-13-18(15-31)26(33-12-11-16-1-8-21(30)9-2-16)32-25(23)22-10-7-20(28)14-24(22)29/h1-10,13-14H,11-12H2. The summed E-state index contributed by atoms with van der Waals surface area (Å²) in [6.07, 6.45) is 0.531. The van der Waals surface area contributed by atoms with E-state index in [2.05, 4.69) is 11.1 Å². The fraction of sp³-hybridized carbons (Fsp3) is 0.0769. The van der Waals surface area contributed by atoms with Crippen molar-refractivity contribution >= 4 is 34.8 Å². The number of rotatable bonds is 6. The van der Waals surface area contributed by atoms with Gasteiger partial charge in [-0.25, -0.2) is 9.37 Å². The Bertz CT molecular complexity index is 1330. The van der Waals surface area contributed by atoms with Gasteiger partial charge in [0, 0.05) is 27.6 Å². The predicted octanol–water partition coefficient (Wildman–Crippen LogP) is 8.01. The lowest BCUT2D eigenvalue weighted by Gasteiger charge is -2.15. The summed E-state index contributed by atoms with van der Waals surface area (Å²) >= 11 is 18.6. The zero-order valence-corrected chi connectivity index (χ0v) is 19.4. The quantitative estimate of drug-likeness (QED) is 0.271. The lowest BCUT2D eigenvalue weighted by Crippen LogP contribution is -2.06. The van der Waals surface area contributed by atoms with Crippen molar-refractivity contribution in [3.8, 4) is 34.3 Å². The van der Waals surface area contributed by atoms with Crippen LogP contribution in [-0.2, 0) is 6.42 Å². The highest BCUT2D eigenvalue weighted by atomic mass is 35.5. The van der Waals surface area contributed by atoms with E-state index in [1.54, 1.807) is 48.5 Å². The van der Waals surface area contributed by atoms with Crippen molar-refractivity contribution in [3.05, 3.63) is 105 Å². The Morgan fingerprint density at radius 1 is 0.848 bits per heavy atom. The van der Waals surface area contributed by atoms with Gasteiger partial charge in [0.15, 0.2) is 0 Å². The Morgan fingerprint density at radius 2 is 1.55 bits per heavy atom. The summed E-state index contributed by atoms with van der Waals surface area (Å²) in [5.41, 5.74) is 3.93. The minimum Gasteiger partial charge on any atom is -0.476 e. The molecule has 0 fully saturated rings. The van der Waals surface area contributed by atoms with E-state index in [9.17, 15) is 9.65 Å². The second-order valence-corrected chi connectivity index (χ2v) is 8.49. The van der Waals surface area contributed by atoms with Crippen LogP contribution in [0.25, 0.3) is 22.4 Å². The summed E-state index contributed by atoms with van der Waals surface area (Å²) < 4.78 is 19.0. The molecule has 0 N–H and O–H groups in total. The van der Waals surface area contributed by atoms with Gasteiger partial charge in [-0.2, -0.15) is 5.26 Å². The maximum Gasteiger partial charge on any atom is 0.232 e. The lowest BCUT2D eigenvalue weighted by atomic mass is 9.97. The number of nitriles is 1. The molecule has 0 saturated heterocycles. The number of benzene rings is 3. The van der Waals surface area contributed by atoms with Crippen LogP contribution in [-0.4, -0.2) is 11.6 Å². The van der Waals surface area contributed by atoms with E-state index in [0.717, 1.165) is 11.1 Å². The topological polar surface area (TPSA) is 45.9 Å². The van der Waals surface area contributed by atoms with Gasteiger partial charge in [-0.3, -0.25) is 0 Å². The van der Waals surface area contributed by atoms with Crippen molar-refractivity contribution < 1.29 is 9.13 Å². The lowest BCUT2D eigenvalue weighted by molar-refractivity contribution is 0.309. The zero-order valence-electron chi connectivity index (χ0n) is 17.2. The first kappa shape index (κ1) is 23.1. The number of hydrogen-bond donors (Lipinski definition) is 0. The van der Waals surface area contributed by atoms with Crippen LogP contribution in [0.2, 0.25) is 15.1 Å². The van der Waals surface area contributed by atoms with Crippen molar-refractivity contribution in [1.29, 1.82) is 5.26 Å². The summed E-state index contributed by atoms with van der Waals surface area (Å²) in [5, 5.41) is 11.3. The first-order valence-corrected chi connectivity index (χ1v) is 11.1. The van der Waals surface area contributed by atoms with E-state index in [-0.39, 0.29) is 23.9 Å². The SMILES string of the molecule is N#Cc1cc(-c2ccc(Cl)cc2)c(-c2ccc(Cl)cc2Cl)nc1OCCc1ccc(F)cc1. The summed E-state index contributed by atoms with van der Waals surface area (Å²) in [7, 11) is 0. The molecule has 4 rings (SSSR count). The highest BCUT2D eigenvalue weighted by Crippen LogP contribution is 2.38. The predicted molar refractivity (Wildman–Crippen MR) is 130 cm³/mol. The fourth-order valence-electron chi connectivity index (χ4n) is 3.34. The molecule has 0 radical (unpaired) electrons. The smallest absolute Gasteiger partial charge is 0.232 e. The number of aromatic nitrogens is 1. The van der Waals surface area contributed by atoms with Crippen LogP contribution in [0.5, 0.6) is 5.88 Å². The van der Waals surface area contributed by atoms with Crippen molar-refractivity contribution in [2.24, 2.45) is 0 Å². The van der Waals surface area contributed by atoms with Crippen LogP contribution in [0.3, 0.4) is 0 Å². The number of nitrogens with zero attached hydrogens (tertiary/aromatic N) is 2. The maximum atomic E-state index is 13.1. The molecular formula is C26H16Cl3FN2O. The highest BCUT2D eigenvalue weighted by molar-refractivity contribution is 6.36. The Kier molecular flexibility index (Phi) is 7.15. The van der Waals surface area contributed by atoms with Crippen molar-refractivity contribution in [2.45, 2.75) is 6.42 Å². The molecule has 1 heterocycles. The summed E-state index contributed by atoms with van der Waals surface area (Å²) in [6, 6.07) is 22.4. The molecule has 4 aromatic rings. The van der Waals surface area contributed by atoms with Gasteiger partial charge in [0.2, 0.25) is 5.88 Å². The molecule has 0 saturated carbocycles. The van der Waals surface area contributed by atoms with Crippen LogP contribution >= 0.6 is 34.8 Å². The summed E-state index contributed by atoms with van der Waals surface area (Å²) in [4.78, 5) is 4.68. The third-order valence-electron chi connectivity index (χ3n) is 4.99. The molecule has 1 aromatic heterocycles. The molecular weight excluding hydrogens is 482 g/mol. The first-order valence-electron chi connectivity index (χ1n) is 9.98. The largest absolute Gasteiger partial charge is 0.476 e. The molecule has 0 unspecified atom stereocenters. The van der Waals surface area contributed by atoms with E-state index in [1.165, 1.54) is 12.1 Å². The van der Waals surface area contributed by atoms with E-state index in [4.69, 9.17) is 39.5 Å². The van der Waals surface area contributed by atoms with E-state index in [1.807, 2.05) is 12.1 Å².